The molecule has 1 aromatic carbocycles. The summed E-state index contributed by atoms with van der Waals surface area (Å²) in [5.74, 6) is 1.11. The summed E-state index contributed by atoms with van der Waals surface area (Å²) in [5, 5.41) is 8.39. The molecule has 0 spiro atoms. The number of hydrogen-bond acceptors (Lipinski definition) is 5. The number of carbonyl (C=O) groups is 1. The van der Waals surface area contributed by atoms with Crippen LogP contribution in [0.1, 0.15) is 45.6 Å². The summed E-state index contributed by atoms with van der Waals surface area (Å²) in [6.45, 7) is 9.31. The second-order valence-electron chi connectivity index (χ2n) is 6.92. The van der Waals surface area contributed by atoms with Gasteiger partial charge in [-0.05, 0) is 57.0 Å². The van der Waals surface area contributed by atoms with Gasteiger partial charge in [-0.2, -0.15) is 5.10 Å². The van der Waals surface area contributed by atoms with E-state index in [2.05, 4.69) is 17.2 Å². The molecule has 7 heteroatoms. The van der Waals surface area contributed by atoms with Crippen LogP contribution in [-0.4, -0.2) is 32.8 Å². The van der Waals surface area contributed by atoms with E-state index in [0.717, 1.165) is 23.6 Å². The fraction of sp³-hybridized carbons (Fsp3) is 0.381. The maximum absolute atomic E-state index is 12.9. The van der Waals surface area contributed by atoms with E-state index < -0.39 is 0 Å². The van der Waals surface area contributed by atoms with Crippen LogP contribution in [0.5, 0.6) is 5.75 Å². The van der Waals surface area contributed by atoms with Crippen LogP contribution in [0.4, 0.5) is 0 Å². The van der Waals surface area contributed by atoms with E-state index in [1.807, 2.05) is 49.0 Å². The Morgan fingerprint density at radius 3 is 2.68 bits per heavy atom. The van der Waals surface area contributed by atoms with Crippen LogP contribution >= 0.6 is 0 Å². The zero-order valence-electron chi connectivity index (χ0n) is 17.0. The Labute approximate surface area is 164 Å². The number of hydrogen-bond donors (Lipinski definition) is 0. The molecule has 0 fully saturated rings. The van der Waals surface area contributed by atoms with Crippen molar-refractivity contribution < 1.29 is 14.1 Å². The number of rotatable bonds is 7. The summed E-state index contributed by atoms with van der Waals surface area (Å²) < 4.78 is 13.0. The van der Waals surface area contributed by atoms with Gasteiger partial charge in [-0.15, -0.1) is 0 Å². The molecule has 0 unspecified atom stereocenters. The molecule has 7 nitrogen and oxygen atoms in total. The minimum absolute atomic E-state index is 0.219. The predicted molar refractivity (Wildman–Crippen MR) is 105 cm³/mol. The normalized spacial score (nSPS) is 10.9. The van der Waals surface area contributed by atoms with Crippen LogP contribution in [0, 0.1) is 20.8 Å². The lowest BCUT2D eigenvalue weighted by Crippen LogP contribution is -2.28. The summed E-state index contributed by atoms with van der Waals surface area (Å²) >= 11 is 0. The highest BCUT2D eigenvalue weighted by Gasteiger charge is 2.24. The molecular weight excluding hydrogens is 356 g/mol. The van der Waals surface area contributed by atoms with Gasteiger partial charge in [-0.3, -0.25) is 9.48 Å². The smallest absolute Gasteiger partial charge is 0.276 e. The van der Waals surface area contributed by atoms with Crippen molar-refractivity contribution in [1.82, 2.24) is 19.8 Å². The average molecular weight is 382 g/mol. The van der Waals surface area contributed by atoms with Gasteiger partial charge in [-0.1, -0.05) is 11.2 Å². The SMILES string of the molecule is CCn1ccc(CN(C)C(=O)c2noc(C)c2COc2ccc(C)c(C)c2)n1. The van der Waals surface area contributed by atoms with Gasteiger partial charge in [0.05, 0.1) is 17.8 Å². The molecule has 0 saturated heterocycles. The Morgan fingerprint density at radius 2 is 2.00 bits per heavy atom. The van der Waals surface area contributed by atoms with E-state index in [4.69, 9.17) is 9.26 Å². The monoisotopic (exact) mass is 382 g/mol. The molecule has 0 radical (unpaired) electrons. The summed E-state index contributed by atoms with van der Waals surface area (Å²) in [5.41, 5.74) is 4.12. The first-order valence-electron chi connectivity index (χ1n) is 9.32. The van der Waals surface area contributed by atoms with E-state index in [1.54, 1.807) is 18.9 Å². The third-order valence-corrected chi connectivity index (χ3v) is 4.81. The lowest BCUT2D eigenvalue weighted by Gasteiger charge is -2.15. The van der Waals surface area contributed by atoms with Crippen LogP contribution in [0.3, 0.4) is 0 Å². The highest BCUT2D eigenvalue weighted by atomic mass is 16.5. The van der Waals surface area contributed by atoms with Crippen LogP contribution in [0.2, 0.25) is 0 Å². The summed E-state index contributed by atoms with van der Waals surface area (Å²) in [4.78, 5) is 14.5. The molecule has 0 aliphatic heterocycles. The van der Waals surface area contributed by atoms with Crippen molar-refractivity contribution in [3.63, 3.8) is 0 Å². The van der Waals surface area contributed by atoms with Gasteiger partial charge in [0.2, 0.25) is 0 Å². The molecule has 2 heterocycles. The minimum Gasteiger partial charge on any atom is -0.489 e. The third-order valence-electron chi connectivity index (χ3n) is 4.81. The molecule has 0 aliphatic rings. The number of aryl methyl sites for hydroxylation is 4. The maximum atomic E-state index is 12.9. The fourth-order valence-corrected chi connectivity index (χ4v) is 2.85. The van der Waals surface area contributed by atoms with Gasteiger partial charge in [-0.25, -0.2) is 0 Å². The topological polar surface area (TPSA) is 73.4 Å². The highest BCUT2D eigenvalue weighted by molar-refractivity contribution is 5.93. The number of aromatic nitrogens is 3. The van der Waals surface area contributed by atoms with Crippen molar-refractivity contribution in [2.75, 3.05) is 7.05 Å². The molecular formula is C21H26N4O3. The van der Waals surface area contributed by atoms with Gasteiger partial charge in [0.25, 0.3) is 5.91 Å². The van der Waals surface area contributed by atoms with Gasteiger partial charge in [0, 0.05) is 19.8 Å². The molecule has 2 aromatic heterocycles. The van der Waals surface area contributed by atoms with E-state index >= 15 is 0 Å². The zero-order chi connectivity index (χ0) is 20.3. The molecule has 148 valence electrons. The van der Waals surface area contributed by atoms with E-state index in [-0.39, 0.29) is 18.2 Å². The fourth-order valence-electron chi connectivity index (χ4n) is 2.85. The molecule has 3 rings (SSSR count). The Kier molecular flexibility index (Phi) is 5.82. The van der Waals surface area contributed by atoms with Gasteiger partial charge in [0.1, 0.15) is 18.1 Å². The number of ether oxygens (including phenoxy) is 1. The van der Waals surface area contributed by atoms with Gasteiger partial charge in [0.15, 0.2) is 5.69 Å². The Morgan fingerprint density at radius 1 is 1.21 bits per heavy atom. The molecule has 0 atom stereocenters. The molecule has 28 heavy (non-hydrogen) atoms. The quantitative estimate of drug-likeness (QED) is 0.623. The zero-order valence-corrected chi connectivity index (χ0v) is 17.0. The highest BCUT2D eigenvalue weighted by Crippen LogP contribution is 2.21. The number of benzene rings is 1. The molecule has 0 aliphatic carbocycles. The van der Waals surface area contributed by atoms with Crippen LogP contribution in [0.15, 0.2) is 35.0 Å². The summed E-state index contributed by atoms with van der Waals surface area (Å²) in [6, 6.07) is 7.82. The maximum Gasteiger partial charge on any atom is 0.276 e. The Balaban J connectivity index is 1.71. The van der Waals surface area contributed by atoms with Crippen LogP contribution < -0.4 is 4.74 Å². The first-order valence-corrected chi connectivity index (χ1v) is 9.32. The Bertz CT molecular complexity index is 974. The van der Waals surface area contributed by atoms with Gasteiger partial charge >= 0.3 is 0 Å². The van der Waals surface area contributed by atoms with Gasteiger partial charge < -0.3 is 14.2 Å². The number of amides is 1. The van der Waals surface area contributed by atoms with Crippen molar-refractivity contribution in [2.45, 2.75) is 47.4 Å². The molecule has 0 bridgehead atoms. The second kappa shape index (κ2) is 8.29. The van der Waals surface area contributed by atoms with Crippen molar-refractivity contribution >= 4 is 5.91 Å². The standard InChI is InChI=1S/C21H26N4O3/c1-6-25-10-9-17(22-25)12-24(5)21(26)20-19(16(4)28-23-20)13-27-18-8-7-14(2)15(3)11-18/h7-11H,6,12-13H2,1-5H3. The largest absolute Gasteiger partial charge is 0.489 e. The van der Waals surface area contributed by atoms with Crippen LogP contribution in [-0.2, 0) is 19.7 Å². The van der Waals surface area contributed by atoms with Crippen molar-refractivity contribution in [2.24, 2.45) is 0 Å². The van der Waals surface area contributed by atoms with Crippen LogP contribution in [0.25, 0.3) is 0 Å². The first-order chi connectivity index (χ1) is 13.4. The molecule has 3 aromatic rings. The number of nitrogens with zero attached hydrogens (tertiary/aromatic N) is 4. The predicted octanol–water partition coefficient (Wildman–Crippen LogP) is 3.67. The second-order valence-corrected chi connectivity index (χ2v) is 6.92. The lowest BCUT2D eigenvalue weighted by atomic mass is 10.1. The van der Waals surface area contributed by atoms with Crippen molar-refractivity contribution in [3.05, 3.63) is 64.3 Å². The first kappa shape index (κ1) is 19.7. The summed E-state index contributed by atoms with van der Waals surface area (Å²) in [7, 11) is 1.73. The molecule has 1 amide bonds. The minimum atomic E-state index is -0.221. The average Bonchev–Trinajstić information content (AvgIpc) is 3.28. The Hall–Kier alpha value is -3.09. The third kappa shape index (κ3) is 4.24. The lowest BCUT2D eigenvalue weighted by molar-refractivity contribution is 0.0770. The van der Waals surface area contributed by atoms with E-state index in [1.165, 1.54) is 5.56 Å². The van der Waals surface area contributed by atoms with E-state index in [9.17, 15) is 4.79 Å². The molecule has 0 N–H and O–H groups in total. The summed E-state index contributed by atoms with van der Waals surface area (Å²) in [6.07, 6.45) is 1.90. The van der Waals surface area contributed by atoms with Crippen molar-refractivity contribution in [1.29, 1.82) is 0 Å². The van der Waals surface area contributed by atoms with E-state index in [0.29, 0.717) is 17.9 Å². The van der Waals surface area contributed by atoms with Crippen molar-refractivity contribution in [3.8, 4) is 5.75 Å². The molecule has 0 saturated carbocycles. The number of carbonyl (C=O) groups excluding carboxylic acids is 1.